The van der Waals surface area contributed by atoms with Gasteiger partial charge in [0.2, 0.25) is 5.91 Å². The molecule has 1 saturated heterocycles. The number of benzene rings is 2. The molecule has 2 aromatic carbocycles. The van der Waals surface area contributed by atoms with Crippen molar-refractivity contribution in [3.63, 3.8) is 0 Å². The summed E-state index contributed by atoms with van der Waals surface area (Å²) >= 11 is 0. The van der Waals surface area contributed by atoms with Crippen LogP contribution in [0.3, 0.4) is 0 Å². The molecule has 0 radical (unpaired) electrons. The van der Waals surface area contributed by atoms with E-state index in [2.05, 4.69) is 10.2 Å². The number of nitrogens with zero attached hydrogens (tertiary/aromatic N) is 2. The highest BCUT2D eigenvalue weighted by atomic mass is 16.5. The average molecular weight is 440 g/mol. The van der Waals surface area contributed by atoms with Gasteiger partial charge in [0.15, 0.2) is 0 Å². The van der Waals surface area contributed by atoms with Gasteiger partial charge in [-0.3, -0.25) is 19.4 Å². The largest absolute Gasteiger partial charge is 0.465 e. The van der Waals surface area contributed by atoms with E-state index in [-0.39, 0.29) is 18.4 Å². The van der Waals surface area contributed by atoms with E-state index in [1.165, 1.54) is 5.56 Å². The van der Waals surface area contributed by atoms with Gasteiger partial charge in [-0.15, -0.1) is 0 Å². The highest BCUT2D eigenvalue weighted by Crippen LogP contribution is 2.14. The van der Waals surface area contributed by atoms with Crippen LogP contribution in [-0.4, -0.2) is 74.2 Å². The number of anilines is 1. The average Bonchev–Trinajstić information content (AvgIpc) is 2.80. The van der Waals surface area contributed by atoms with Crippen LogP contribution < -0.4 is 5.32 Å². The van der Waals surface area contributed by atoms with Crippen LogP contribution in [-0.2, 0) is 32.0 Å². The number of esters is 1. The maximum atomic E-state index is 12.6. The van der Waals surface area contributed by atoms with Crippen molar-refractivity contribution in [2.45, 2.75) is 25.9 Å². The lowest BCUT2D eigenvalue weighted by molar-refractivity contribution is -0.149. The Bertz CT molecular complexity index is 851. The molecule has 1 fully saturated rings. The molecule has 1 aliphatic rings. The summed E-state index contributed by atoms with van der Waals surface area (Å²) in [7, 11) is 1.77. The van der Waals surface area contributed by atoms with Crippen LogP contribution >= 0.6 is 0 Å². The van der Waals surface area contributed by atoms with Gasteiger partial charge in [0.25, 0.3) is 0 Å². The fourth-order valence-corrected chi connectivity index (χ4v) is 3.74. The second-order valence-electron chi connectivity index (χ2n) is 8.01. The zero-order valence-electron chi connectivity index (χ0n) is 19.0. The lowest BCUT2D eigenvalue weighted by atomic mass is 10.0. The van der Waals surface area contributed by atoms with Gasteiger partial charge in [-0.2, -0.15) is 0 Å². The first kappa shape index (κ1) is 23.9. The molecule has 1 amide bonds. The van der Waals surface area contributed by atoms with Crippen LogP contribution in [0.2, 0.25) is 0 Å². The second kappa shape index (κ2) is 12.3. The van der Waals surface area contributed by atoms with E-state index in [0.29, 0.717) is 13.0 Å². The van der Waals surface area contributed by atoms with Crippen LogP contribution in [0, 0.1) is 0 Å². The first-order chi connectivity index (χ1) is 15.5. The van der Waals surface area contributed by atoms with Crippen LogP contribution in [0.5, 0.6) is 0 Å². The number of hydrogen-bond donors (Lipinski definition) is 1. The Morgan fingerprint density at radius 3 is 2.41 bits per heavy atom. The Kier molecular flexibility index (Phi) is 9.22. The van der Waals surface area contributed by atoms with E-state index in [9.17, 15) is 9.59 Å². The predicted octanol–water partition coefficient (Wildman–Crippen LogP) is 2.56. The Hall–Kier alpha value is -2.74. The first-order valence-corrected chi connectivity index (χ1v) is 11.1. The molecule has 1 heterocycles. The van der Waals surface area contributed by atoms with Crippen molar-refractivity contribution in [3.8, 4) is 0 Å². The van der Waals surface area contributed by atoms with E-state index < -0.39 is 6.04 Å². The third-order valence-corrected chi connectivity index (χ3v) is 5.50. The summed E-state index contributed by atoms with van der Waals surface area (Å²) in [5.74, 6) is -0.491. The van der Waals surface area contributed by atoms with Crippen molar-refractivity contribution in [2.24, 2.45) is 0 Å². The van der Waals surface area contributed by atoms with E-state index in [4.69, 9.17) is 9.47 Å². The number of carbonyl (C=O) groups excluding carboxylic acids is 2. The van der Waals surface area contributed by atoms with Crippen molar-refractivity contribution < 1.29 is 19.1 Å². The van der Waals surface area contributed by atoms with Gasteiger partial charge >= 0.3 is 5.97 Å². The van der Waals surface area contributed by atoms with E-state index >= 15 is 0 Å². The molecule has 1 N–H and O–H groups in total. The van der Waals surface area contributed by atoms with Crippen molar-refractivity contribution in [3.05, 3.63) is 65.7 Å². The zero-order chi connectivity index (χ0) is 22.8. The summed E-state index contributed by atoms with van der Waals surface area (Å²) in [5.41, 5.74) is 2.96. The van der Waals surface area contributed by atoms with Gasteiger partial charge in [-0.25, -0.2) is 0 Å². The maximum Gasteiger partial charge on any atom is 0.323 e. The molecule has 0 spiro atoms. The standard InChI is InChI=1S/C25H33N3O4/c1-3-32-25(30)23(17-20-7-5-4-6-8-20)27(2)19-24(29)26-22-11-9-21(10-12-22)18-28-13-15-31-16-14-28/h4-12,23H,3,13-19H2,1-2H3,(H,26,29). The topological polar surface area (TPSA) is 71.1 Å². The lowest BCUT2D eigenvalue weighted by Crippen LogP contribution is -2.44. The van der Waals surface area contributed by atoms with Crippen LogP contribution in [0.1, 0.15) is 18.1 Å². The summed E-state index contributed by atoms with van der Waals surface area (Å²) in [6.45, 7) is 6.49. The normalized spacial score (nSPS) is 15.3. The molecule has 1 unspecified atom stereocenters. The molecular formula is C25H33N3O4. The van der Waals surface area contributed by atoms with E-state index in [1.54, 1.807) is 18.9 Å². The smallest absolute Gasteiger partial charge is 0.323 e. The number of rotatable bonds is 10. The Balaban J connectivity index is 1.54. The van der Waals surface area contributed by atoms with Gasteiger partial charge in [0.1, 0.15) is 6.04 Å². The molecule has 3 rings (SSSR count). The number of carbonyl (C=O) groups is 2. The third-order valence-electron chi connectivity index (χ3n) is 5.50. The first-order valence-electron chi connectivity index (χ1n) is 11.1. The highest BCUT2D eigenvalue weighted by Gasteiger charge is 2.26. The summed E-state index contributed by atoms with van der Waals surface area (Å²) in [4.78, 5) is 29.3. The number of hydrogen-bond acceptors (Lipinski definition) is 6. The lowest BCUT2D eigenvalue weighted by Gasteiger charge is -2.26. The Labute approximate surface area is 190 Å². The molecule has 1 aliphatic heterocycles. The summed E-state index contributed by atoms with van der Waals surface area (Å²) < 4.78 is 10.6. The van der Waals surface area contributed by atoms with Crippen molar-refractivity contribution in [1.29, 1.82) is 0 Å². The van der Waals surface area contributed by atoms with Crippen LogP contribution in [0.4, 0.5) is 5.69 Å². The molecule has 0 aromatic heterocycles. The van der Waals surface area contributed by atoms with E-state index in [1.807, 2.05) is 54.6 Å². The fraction of sp³-hybridized carbons (Fsp3) is 0.440. The molecule has 0 aliphatic carbocycles. The minimum absolute atomic E-state index is 0.0891. The monoisotopic (exact) mass is 439 g/mol. The Morgan fingerprint density at radius 2 is 1.75 bits per heavy atom. The molecule has 0 saturated carbocycles. The third kappa shape index (κ3) is 7.44. The molecule has 7 heteroatoms. The van der Waals surface area contributed by atoms with Crippen molar-refractivity contribution in [1.82, 2.24) is 9.80 Å². The second-order valence-corrected chi connectivity index (χ2v) is 8.01. The fourth-order valence-electron chi connectivity index (χ4n) is 3.74. The number of morpholine rings is 1. The maximum absolute atomic E-state index is 12.6. The minimum Gasteiger partial charge on any atom is -0.465 e. The highest BCUT2D eigenvalue weighted by molar-refractivity contribution is 5.92. The van der Waals surface area contributed by atoms with Gasteiger partial charge in [-0.1, -0.05) is 42.5 Å². The molecule has 0 bridgehead atoms. The SMILES string of the molecule is CCOC(=O)C(Cc1ccccc1)N(C)CC(=O)Nc1ccc(CN2CCOCC2)cc1. The Morgan fingerprint density at radius 1 is 1.06 bits per heavy atom. The van der Waals surface area contributed by atoms with Crippen LogP contribution in [0.25, 0.3) is 0 Å². The number of ether oxygens (including phenoxy) is 2. The van der Waals surface area contributed by atoms with Gasteiger partial charge in [-0.05, 0) is 43.7 Å². The molecule has 1 atom stereocenters. The van der Waals surface area contributed by atoms with Gasteiger partial charge in [0, 0.05) is 25.3 Å². The number of likely N-dealkylation sites (N-methyl/N-ethyl adjacent to an activating group) is 1. The summed E-state index contributed by atoms with van der Waals surface area (Å²) in [6, 6.07) is 17.1. The molecule has 7 nitrogen and oxygen atoms in total. The van der Waals surface area contributed by atoms with Crippen LogP contribution in [0.15, 0.2) is 54.6 Å². The number of amides is 1. The predicted molar refractivity (Wildman–Crippen MR) is 124 cm³/mol. The molecule has 32 heavy (non-hydrogen) atoms. The minimum atomic E-state index is -0.529. The quantitative estimate of drug-likeness (QED) is 0.574. The summed E-state index contributed by atoms with van der Waals surface area (Å²) in [5, 5.41) is 2.93. The molecule has 2 aromatic rings. The molecule has 172 valence electrons. The van der Waals surface area contributed by atoms with Crippen molar-refractivity contribution in [2.75, 3.05) is 51.8 Å². The van der Waals surface area contributed by atoms with Gasteiger partial charge in [0.05, 0.1) is 26.4 Å². The van der Waals surface area contributed by atoms with Crippen molar-refractivity contribution >= 4 is 17.6 Å². The number of nitrogens with one attached hydrogen (secondary N) is 1. The zero-order valence-corrected chi connectivity index (χ0v) is 19.0. The van der Waals surface area contributed by atoms with Gasteiger partial charge < -0.3 is 14.8 Å². The van der Waals surface area contributed by atoms with E-state index in [0.717, 1.165) is 44.1 Å². The molecular weight excluding hydrogens is 406 g/mol. The summed E-state index contributed by atoms with van der Waals surface area (Å²) in [6.07, 6.45) is 0.486.